The van der Waals surface area contributed by atoms with Gasteiger partial charge in [-0.3, -0.25) is 0 Å². The average Bonchev–Trinajstić information content (AvgIpc) is 2.95. The molecular weight excluding hydrogens is 242 g/mol. The first-order chi connectivity index (χ1) is 9.28. The normalized spacial score (nSPS) is 19.2. The van der Waals surface area contributed by atoms with E-state index < -0.39 is 0 Å². The lowest BCUT2D eigenvalue weighted by molar-refractivity contribution is 0.162. The summed E-state index contributed by atoms with van der Waals surface area (Å²) in [6.45, 7) is 4.83. The SMILES string of the molecule is CCC(C)c1noc(C2CNc3ccccc3O2)n1. The first kappa shape index (κ1) is 12.0. The first-order valence-corrected chi connectivity index (χ1v) is 6.61. The van der Waals surface area contributed by atoms with Gasteiger partial charge in [0.2, 0.25) is 0 Å². The molecule has 0 aliphatic carbocycles. The molecule has 0 fully saturated rings. The van der Waals surface area contributed by atoms with Crippen molar-refractivity contribution in [3.05, 3.63) is 36.0 Å². The predicted molar refractivity (Wildman–Crippen MR) is 71.3 cm³/mol. The Morgan fingerprint density at radius 2 is 2.26 bits per heavy atom. The van der Waals surface area contributed by atoms with Crippen molar-refractivity contribution in [2.75, 3.05) is 11.9 Å². The van der Waals surface area contributed by atoms with Crippen LogP contribution in [0.1, 0.15) is 44.0 Å². The van der Waals surface area contributed by atoms with E-state index in [9.17, 15) is 0 Å². The van der Waals surface area contributed by atoms with E-state index in [0.29, 0.717) is 18.4 Å². The van der Waals surface area contributed by atoms with Crippen LogP contribution in [0.2, 0.25) is 0 Å². The highest BCUT2D eigenvalue weighted by Gasteiger charge is 2.26. The van der Waals surface area contributed by atoms with Crippen LogP contribution in [0.15, 0.2) is 28.8 Å². The highest BCUT2D eigenvalue weighted by molar-refractivity contribution is 5.57. The Kier molecular flexibility index (Phi) is 3.11. The zero-order chi connectivity index (χ0) is 13.2. The number of hydrogen-bond acceptors (Lipinski definition) is 5. The zero-order valence-corrected chi connectivity index (χ0v) is 11.1. The van der Waals surface area contributed by atoms with Crippen molar-refractivity contribution in [3.63, 3.8) is 0 Å². The van der Waals surface area contributed by atoms with E-state index in [2.05, 4.69) is 29.3 Å². The van der Waals surface area contributed by atoms with Crippen LogP contribution in [-0.2, 0) is 0 Å². The molecule has 3 rings (SSSR count). The van der Waals surface area contributed by atoms with Gasteiger partial charge in [0.15, 0.2) is 11.9 Å². The Morgan fingerprint density at radius 1 is 1.42 bits per heavy atom. The molecule has 2 unspecified atom stereocenters. The summed E-state index contributed by atoms with van der Waals surface area (Å²) < 4.78 is 11.2. The molecule has 5 nitrogen and oxygen atoms in total. The van der Waals surface area contributed by atoms with Crippen LogP contribution in [0.4, 0.5) is 5.69 Å². The van der Waals surface area contributed by atoms with Gasteiger partial charge in [-0.15, -0.1) is 0 Å². The molecule has 1 aliphatic heterocycles. The molecule has 0 radical (unpaired) electrons. The van der Waals surface area contributed by atoms with Gasteiger partial charge in [-0.1, -0.05) is 31.1 Å². The second-order valence-corrected chi connectivity index (χ2v) is 4.78. The number of nitrogens with one attached hydrogen (secondary N) is 1. The zero-order valence-electron chi connectivity index (χ0n) is 11.1. The molecule has 5 heteroatoms. The molecular formula is C14H17N3O2. The van der Waals surface area contributed by atoms with Gasteiger partial charge in [-0.25, -0.2) is 0 Å². The monoisotopic (exact) mass is 259 g/mol. The van der Waals surface area contributed by atoms with Gasteiger partial charge in [-0.05, 0) is 18.6 Å². The molecule has 0 spiro atoms. The van der Waals surface area contributed by atoms with E-state index in [4.69, 9.17) is 9.26 Å². The summed E-state index contributed by atoms with van der Waals surface area (Å²) in [5.74, 6) is 2.42. The third-order valence-corrected chi connectivity index (χ3v) is 3.42. The second-order valence-electron chi connectivity index (χ2n) is 4.78. The van der Waals surface area contributed by atoms with E-state index in [0.717, 1.165) is 23.7 Å². The summed E-state index contributed by atoms with van der Waals surface area (Å²) in [5.41, 5.74) is 1.00. The molecule has 2 aromatic rings. The minimum absolute atomic E-state index is 0.222. The van der Waals surface area contributed by atoms with Crippen molar-refractivity contribution in [3.8, 4) is 5.75 Å². The maximum Gasteiger partial charge on any atom is 0.269 e. The lowest BCUT2D eigenvalue weighted by Crippen LogP contribution is -2.23. The number of ether oxygens (including phenoxy) is 1. The lowest BCUT2D eigenvalue weighted by Gasteiger charge is -2.24. The third-order valence-electron chi connectivity index (χ3n) is 3.42. The van der Waals surface area contributed by atoms with E-state index in [1.807, 2.05) is 24.3 Å². The van der Waals surface area contributed by atoms with Crippen molar-refractivity contribution in [2.24, 2.45) is 0 Å². The van der Waals surface area contributed by atoms with Crippen molar-refractivity contribution >= 4 is 5.69 Å². The Bertz CT molecular complexity index is 567. The van der Waals surface area contributed by atoms with Crippen LogP contribution in [0.5, 0.6) is 5.75 Å². The van der Waals surface area contributed by atoms with Crippen LogP contribution in [0, 0.1) is 0 Å². The summed E-state index contributed by atoms with van der Waals surface area (Å²) in [4.78, 5) is 4.43. The summed E-state index contributed by atoms with van der Waals surface area (Å²) in [5, 5.41) is 7.34. The maximum atomic E-state index is 5.89. The number of anilines is 1. The molecule has 0 bridgehead atoms. The van der Waals surface area contributed by atoms with Crippen molar-refractivity contribution in [2.45, 2.75) is 32.3 Å². The van der Waals surface area contributed by atoms with Gasteiger partial charge in [0.25, 0.3) is 5.89 Å². The number of hydrogen-bond donors (Lipinski definition) is 1. The Hall–Kier alpha value is -2.04. The van der Waals surface area contributed by atoms with Crippen LogP contribution in [0.25, 0.3) is 0 Å². The number of rotatable bonds is 3. The maximum absolute atomic E-state index is 5.89. The first-order valence-electron chi connectivity index (χ1n) is 6.61. The molecule has 0 saturated carbocycles. The fourth-order valence-electron chi connectivity index (χ4n) is 2.01. The topological polar surface area (TPSA) is 60.2 Å². The van der Waals surface area contributed by atoms with Gasteiger partial charge in [0.05, 0.1) is 12.2 Å². The minimum atomic E-state index is -0.222. The van der Waals surface area contributed by atoms with Crippen LogP contribution in [-0.4, -0.2) is 16.7 Å². The summed E-state index contributed by atoms with van der Waals surface area (Å²) >= 11 is 0. The van der Waals surface area contributed by atoms with Gasteiger partial charge < -0.3 is 14.6 Å². The minimum Gasteiger partial charge on any atom is -0.477 e. The number of aromatic nitrogens is 2. The largest absolute Gasteiger partial charge is 0.477 e. The van der Waals surface area contributed by atoms with E-state index in [-0.39, 0.29) is 6.10 Å². The average molecular weight is 259 g/mol. The molecule has 1 aromatic carbocycles. The van der Waals surface area contributed by atoms with E-state index in [1.54, 1.807) is 0 Å². The molecule has 0 amide bonds. The van der Waals surface area contributed by atoms with Crippen molar-refractivity contribution < 1.29 is 9.26 Å². The number of para-hydroxylation sites is 2. The van der Waals surface area contributed by atoms with Crippen molar-refractivity contribution in [1.29, 1.82) is 0 Å². The fourth-order valence-corrected chi connectivity index (χ4v) is 2.01. The second kappa shape index (κ2) is 4.91. The molecule has 19 heavy (non-hydrogen) atoms. The van der Waals surface area contributed by atoms with Gasteiger partial charge >= 0.3 is 0 Å². The summed E-state index contributed by atoms with van der Waals surface area (Å²) in [6, 6.07) is 7.84. The van der Waals surface area contributed by atoms with Gasteiger partial charge in [0.1, 0.15) is 5.75 Å². The van der Waals surface area contributed by atoms with Gasteiger partial charge in [0, 0.05) is 5.92 Å². The highest BCUT2D eigenvalue weighted by atomic mass is 16.5. The quantitative estimate of drug-likeness (QED) is 0.917. The molecule has 1 N–H and O–H groups in total. The fraction of sp³-hybridized carbons (Fsp3) is 0.429. The van der Waals surface area contributed by atoms with Gasteiger partial charge in [-0.2, -0.15) is 4.98 Å². The van der Waals surface area contributed by atoms with E-state index >= 15 is 0 Å². The number of nitrogens with zero attached hydrogens (tertiary/aromatic N) is 2. The smallest absolute Gasteiger partial charge is 0.269 e. The third kappa shape index (κ3) is 2.28. The Balaban J connectivity index is 1.79. The standard InChI is InChI=1S/C14H17N3O2/c1-3-9(2)13-16-14(19-17-13)12-8-15-10-6-4-5-7-11(10)18-12/h4-7,9,12,15H,3,8H2,1-2H3. The molecule has 2 atom stereocenters. The Morgan fingerprint density at radius 3 is 3.11 bits per heavy atom. The highest BCUT2D eigenvalue weighted by Crippen LogP contribution is 2.33. The van der Waals surface area contributed by atoms with Crippen LogP contribution in [0.3, 0.4) is 0 Å². The predicted octanol–water partition coefficient (Wildman–Crippen LogP) is 3.13. The molecule has 1 aliphatic rings. The lowest BCUT2D eigenvalue weighted by atomic mass is 10.1. The van der Waals surface area contributed by atoms with Crippen LogP contribution >= 0.6 is 0 Å². The molecule has 100 valence electrons. The Labute approximate surface area is 112 Å². The number of fused-ring (bicyclic) bond motifs is 1. The molecule has 0 saturated heterocycles. The van der Waals surface area contributed by atoms with E-state index in [1.165, 1.54) is 0 Å². The molecule has 2 heterocycles. The summed E-state index contributed by atoms with van der Waals surface area (Å²) in [7, 11) is 0. The summed E-state index contributed by atoms with van der Waals surface area (Å²) in [6.07, 6.45) is 0.770. The van der Waals surface area contributed by atoms with Crippen molar-refractivity contribution in [1.82, 2.24) is 10.1 Å². The number of benzene rings is 1. The molecule has 1 aromatic heterocycles. The van der Waals surface area contributed by atoms with Crippen LogP contribution < -0.4 is 10.1 Å².